The van der Waals surface area contributed by atoms with Gasteiger partial charge in [0.05, 0.1) is 6.54 Å². The third-order valence-electron chi connectivity index (χ3n) is 4.10. The number of aryl methyl sites for hydroxylation is 2. The minimum atomic E-state index is -0.745. The fourth-order valence-corrected chi connectivity index (χ4v) is 2.59. The van der Waals surface area contributed by atoms with Gasteiger partial charge in [-0.15, -0.1) is 5.10 Å². The molecule has 0 spiro atoms. The molecule has 3 rings (SSSR count). The topological polar surface area (TPSA) is 86.0 Å². The van der Waals surface area contributed by atoms with Crippen LogP contribution in [0.4, 0.5) is 0 Å². The van der Waals surface area contributed by atoms with Gasteiger partial charge in [0, 0.05) is 6.20 Å². The van der Waals surface area contributed by atoms with Crippen LogP contribution in [-0.2, 0) is 6.54 Å². The summed E-state index contributed by atoms with van der Waals surface area (Å²) in [5.74, 6) is 1.34. The Morgan fingerprint density at radius 1 is 1.12 bits per heavy atom. The van der Waals surface area contributed by atoms with Crippen LogP contribution >= 0.6 is 0 Å². The van der Waals surface area contributed by atoms with Crippen molar-refractivity contribution in [1.82, 2.24) is 25.2 Å². The molecule has 1 N–H and O–H groups in total. The minimum absolute atomic E-state index is 0.159. The van der Waals surface area contributed by atoms with Crippen molar-refractivity contribution in [3.8, 4) is 17.3 Å². The van der Waals surface area contributed by atoms with Gasteiger partial charge in [-0.1, -0.05) is 18.2 Å². The lowest BCUT2D eigenvalue weighted by Crippen LogP contribution is -2.25. The molecule has 1 atom stereocenters. The first-order chi connectivity index (χ1) is 12.1. The summed E-state index contributed by atoms with van der Waals surface area (Å²) in [5, 5.41) is 21.9. The molecule has 1 aromatic carbocycles. The Bertz CT molecular complexity index is 848. The number of aliphatic hydroxyl groups is 1. The molecule has 0 aliphatic heterocycles. The largest absolute Gasteiger partial charge is 0.490 e. The summed E-state index contributed by atoms with van der Waals surface area (Å²) >= 11 is 0. The third-order valence-corrected chi connectivity index (χ3v) is 4.10. The van der Waals surface area contributed by atoms with Crippen molar-refractivity contribution in [3.05, 3.63) is 53.2 Å². The van der Waals surface area contributed by atoms with Crippen LogP contribution in [0.1, 0.15) is 16.7 Å². The zero-order chi connectivity index (χ0) is 17.8. The van der Waals surface area contributed by atoms with Gasteiger partial charge in [-0.25, -0.2) is 4.68 Å². The van der Waals surface area contributed by atoms with E-state index in [-0.39, 0.29) is 13.2 Å². The second kappa shape index (κ2) is 7.40. The predicted molar refractivity (Wildman–Crippen MR) is 93.2 cm³/mol. The molecular formula is C18H21N5O2. The standard InChI is InChI=1S/C18H21N5O2/c1-12-7-8-13(2)17(14(12)3)25-11-15(24)10-23-18(20-21-22-23)16-6-4-5-9-19-16/h4-9,15,24H,10-11H2,1-3H3. The zero-order valence-corrected chi connectivity index (χ0v) is 14.5. The smallest absolute Gasteiger partial charge is 0.200 e. The molecule has 0 saturated carbocycles. The molecule has 7 heteroatoms. The lowest BCUT2D eigenvalue weighted by molar-refractivity contribution is 0.0885. The highest BCUT2D eigenvalue weighted by Crippen LogP contribution is 2.25. The van der Waals surface area contributed by atoms with E-state index in [1.165, 1.54) is 4.68 Å². The number of benzene rings is 1. The van der Waals surface area contributed by atoms with Gasteiger partial charge in [0.1, 0.15) is 24.2 Å². The molecule has 0 aliphatic rings. The van der Waals surface area contributed by atoms with E-state index in [9.17, 15) is 5.11 Å². The quantitative estimate of drug-likeness (QED) is 0.740. The molecule has 1 unspecified atom stereocenters. The molecule has 7 nitrogen and oxygen atoms in total. The van der Waals surface area contributed by atoms with Crippen LogP contribution < -0.4 is 4.74 Å². The van der Waals surface area contributed by atoms with Crippen molar-refractivity contribution in [2.75, 3.05) is 6.61 Å². The van der Waals surface area contributed by atoms with Crippen molar-refractivity contribution < 1.29 is 9.84 Å². The highest BCUT2D eigenvalue weighted by molar-refractivity contribution is 5.47. The van der Waals surface area contributed by atoms with E-state index < -0.39 is 6.10 Å². The summed E-state index contributed by atoms with van der Waals surface area (Å²) in [5.41, 5.74) is 3.95. The van der Waals surface area contributed by atoms with E-state index in [1.54, 1.807) is 6.20 Å². The highest BCUT2D eigenvalue weighted by atomic mass is 16.5. The number of rotatable bonds is 6. The Morgan fingerprint density at radius 3 is 2.68 bits per heavy atom. The average molecular weight is 339 g/mol. The Labute approximate surface area is 146 Å². The second-order valence-corrected chi connectivity index (χ2v) is 6.02. The molecular weight excluding hydrogens is 318 g/mol. The fourth-order valence-electron chi connectivity index (χ4n) is 2.59. The number of ether oxygens (including phenoxy) is 1. The predicted octanol–water partition coefficient (Wildman–Crippen LogP) is 2.10. The number of aromatic nitrogens is 5. The SMILES string of the molecule is Cc1ccc(C)c(OCC(O)Cn2nnnc2-c2ccccn2)c1C. The summed E-state index contributed by atoms with van der Waals surface area (Å²) in [4.78, 5) is 4.24. The Morgan fingerprint density at radius 2 is 1.92 bits per heavy atom. The maximum atomic E-state index is 10.3. The second-order valence-electron chi connectivity index (χ2n) is 6.02. The van der Waals surface area contributed by atoms with E-state index in [2.05, 4.69) is 26.6 Å². The van der Waals surface area contributed by atoms with Crippen molar-refractivity contribution in [3.63, 3.8) is 0 Å². The Hall–Kier alpha value is -2.80. The first-order valence-electron chi connectivity index (χ1n) is 8.11. The number of pyridine rings is 1. The van der Waals surface area contributed by atoms with Crippen LogP contribution in [0.3, 0.4) is 0 Å². The maximum absolute atomic E-state index is 10.3. The van der Waals surface area contributed by atoms with Gasteiger partial charge in [-0.05, 0) is 60.0 Å². The number of tetrazole rings is 1. The number of hydrogen-bond acceptors (Lipinski definition) is 6. The molecule has 0 bridgehead atoms. The van der Waals surface area contributed by atoms with Crippen LogP contribution in [-0.4, -0.2) is 43.0 Å². The van der Waals surface area contributed by atoms with Crippen LogP contribution in [0.25, 0.3) is 11.5 Å². The van der Waals surface area contributed by atoms with Gasteiger partial charge in [-0.3, -0.25) is 4.98 Å². The van der Waals surface area contributed by atoms with Crippen molar-refractivity contribution in [1.29, 1.82) is 0 Å². The van der Waals surface area contributed by atoms with E-state index >= 15 is 0 Å². The Kier molecular flexibility index (Phi) is 5.04. The van der Waals surface area contributed by atoms with Crippen LogP contribution in [0, 0.1) is 20.8 Å². The summed E-state index contributed by atoms with van der Waals surface area (Å²) < 4.78 is 7.39. The summed E-state index contributed by atoms with van der Waals surface area (Å²) in [6, 6.07) is 9.60. The normalized spacial score (nSPS) is 12.2. The molecule has 2 aromatic heterocycles. The fraction of sp³-hybridized carbons (Fsp3) is 0.333. The van der Waals surface area contributed by atoms with Gasteiger partial charge in [-0.2, -0.15) is 0 Å². The molecule has 0 radical (unpaired) electrons. The van der Waals surface area contributed by atoms with Crippen molar-refractivity contribution in [2.24, 2.45) is 0 Å². The maximum Gasteiger partial charge on any atom is 0.200 e. The van der Waals surface area contributed by atoms with Gasteiger partial charge in [0.15, 0.2) is 0 Å². The van der Waals surface area contributed by atoms with Crippen molar-refractivity contribution in [2.45, 2.75) is 33.4 Å². The van der Waals surface area contributed by atoms with Crippen LogP contribution in [0.15, 0.2) is 36.5 Å². The summed E-state index contributed by atoms with van der Waals surface area (Å²) in [7, 11) is 0. The van der Waals surface area contributed by atoms with Gasteiger partial charge in [0.2, 0.25) is 5.82 Å². The molecule has 0 saturated heterocycles. The van der Waals surface area contributed by atoms with E-state index in [4.69, 9.17) is 4.74 Å². The minimum Gasteiger partial charge on any atom is -0.490 e. The molecule has 3 aromatic rings. The van der Waals surface area contributed by atoms with E-state index in [0.717, 1.165) is 22.4 Å². The molecule has 0 fully saturated rings. The van der Waals surface area contributed by atoms with Crippen LogP contribution in [0.5, 0.6) is 5.75 Å². The molecule has 25 heavy (non-hydrogen) atoms. The van der Waals surface area contributed by atoms with Crippen molar-refractivity contribution >= 4 is 0 Å². The summed E-state index contributed by atoms with van der Waals surface area (Å²) in [6.07, 6.45) is 0.933. The first kappa shape index (κ1) is 17.0. The van der Waals surface area contributed by atoms with E-state index in [1.807, 2.05) is 45.0 Å². The lowest BCUT2D eigenvalue weighted by Gasteiger charge is -2.17. The highest BCUT2D eigenvalue weighted by Gasteiger charge is 2.15. The van der Waals surface area contributed by atoms with Gasteiger partial charge in [0.25, 0.3) is 0 Å². The van der Waals surface area contributed by atoms with E-state index in [0.29, 0.717) is 11.5 Å². The molecule has 130 valence electrons. The van der Waals surface area contributed by atoms with Gasteiger partial charge >= 0.3 is 0 Å². The summed E-state index contributed by atoms with van der Waals surface area (Å²) in [6.45, 7) is 6.44. The molecule has 0 aliphatic carbocycles. The number of nitrogens with zero attached hydrogens (tertiary/aromatic N) is 5. The zero-order valence-electron chi connectivity index (χ0n) is 14.5. The Balaban J connectivity index is 1.68. The van der Waals surface area contributed by atoms with Crippen LogP contribution in [0.2, 0.25) is 0 Å². The monoisotopic (exact) mass is 339 g/mol. The average Bonchev–Trinajstić information content (AvgIpc) is 3.07. The lowest BCUT2D eigenvalue weighted by atomic mass is 10.1. The number of hydrogen-bond donors (Lipinski definition) is 1. The van der Waals surface area contributed by atoms with Gasteiger partial charge < -0.3 is 9.84 Å². The first-order valence-corrected chi connectivity index (χ1v) is 8.11. The third kappa shape index (κ3) is 3.83. The number of aliphatic hydroxyl groups excluding tert-OH is 1. The molecule has 2 heterocycles. The molecule has 0 amide bonds.